The summed E-state index contributed by atoms with van der Waals surface area (Å²) in [4.78, 5) is 11.8. The molecule has 3 nitrogen and oxygen atoms in total. The standard InChI is InChI=1S/C19H22FNO2/c1-15(17-6-3-2-4-7-17)23-13-5-12-21-19(22)14-16-8-10-18(20)11-9-16/h2-4,6-11,15H,5,12-14H2,1H3,(H,21,22)/t15-/m0/s1. The quantitative estimate of drug-likeness (QED) is 0.755. The number of carbonyl (C=O) groups excluding carboxylic acids is 1. The van der Waals surface area contributed by atoms with Gasteiger partial charge in [0.2, 0.25) is 5.91 Å². The van der Waals surface area contributed by atoms with E-state index in [-0.39, 0.29) is 24.2 Å². The number of nitrogens with one attached hydrogen (secondary N) is 1. The predicted molar refractivity (Wildman–Crippen MR) is 88.5 cm³/mol. The van der Waals surface area contributed by atoms with Gasteiger partial charge in [-0.2, -0.15) is 0 Å². The van der Waals surface area contributed by atoms with Crippen molar-refractivity contribution in [2.75, 3.05) is 13.2 Å². The van der Waals surface area contributed by atoms with Crippen molar-refractivity contribution < 1.29 is 13.9 Å². The zero-order chi connectivity index (χ0) is 16.5. The molecule has 4 heteroatoms. The molecule has 0 radical (unpaired) electrons. The van der Waals surface area contributed by atoms with Gasteiger partial charge in [-0.3, -0.25) is 4.79 Å². The molecule has 0 aliphatic carbocycles. The third kappa shape index (κ3) is 6.20. The molecule has 0 heterocycles. The first kappa shape index (κ1) is 17.2. The molecule has 2 rings (SSSR count). The van der Waals surface area contributed by atoms with Crippen LogP contribution in [0, 0.1) is 5.82 Å². The van der Waals surface area contributed by atoms with Crippen molar-refractivity contribution in [2.24, 2.45) is 0 Å². The van der Waals surface area contributed by atoms with Crippen LogP contribution in [0.5, 0.6) is 0 Å². The largest absolute Gasteiger partial charge is 0.374 e. The number of halogens is 1. The zero-order valence-corrected chi connectivity index (χ0v) is 13.3. The molecular weight excluding hydrogens is 293 g/mol. The van der Waals surface area contributed by atoms with E-state index in [1.807, 2.05) is 37.3 Å². The van der Waals surface area contributed by atoms with Crippen LogP contribution in [0.3, 0.4) is 0 Å². The molecular formula is C19H22FNO2. The molecule has 1 N–H and O–H groups in total. The molecule has 0 aliphatic heterocycles. The highest BCUT2D eigenvalue weighted by molar-refractivity contribution is 5.78. The number of hydrogen-bond acceptors (Lipinski definition) is 2. The van der Waals surface area contributed by atoms with E-state index in [0.717, 1.165) is 17.5 Å². The molecule has 0 saturated carbocycles. The van der Waals surface area contributed by atoms with Crippen molar-refractivity contribution in [3.63, 3.8) is 0 Å². The zero-order valence-electron chi connectivity index (χ0n) is 13.3. The average molecular weight is 315 g/mol. The van der Waals surface area contributed by atoms with Gasteiger partial charge in [-0.25, -0.2) is 4.39 Å². The lowest BCUT2D eigenvalue weighted by Gasteiger charge is -2.13. The minimum atomic E-state index is -0.293. The summed E-state index contributed by atoms with van der Waals surface area (Å²) >= 11 is 0. The summed E-state index contributed by atoms with van der Waals surface area (Å²) in [5.74, 6) is -0.355. The summed E-state index contributed by atoms with van der Waals surface area (Å²) in [6.07, 6.45) is 1.07. The normalized spacial score (nSPS) is 11.9. The molecule has 2 aromatic carbocycles. The van der Waals surface area contributed by atoms with Crippen LogP contribution in [0.15, 0.2) is 54.6 Å². The molecule has 0 unspecified atom stereocenters. The summed E-state index contributed by atoms with van der Waals surface area (Å²) in [7, 11) is 0. The highest BCUT2D eigenvalue weighted by atomic mass is 19.1. The second kappa shape index (κ2) is 9.06. The van der Waals surface area contributed by atoms with Crippen LogP contribution in [0.4, 0.5) is 4.39 Å². The highest BCUT2D eigenvalue weighted by Crippen LogP contribution is 2.15. The molecule has 1 atom stereocenters. The van der Waals surface area contributed by atoms with Gasteiger partial charge in [0.05, 0.1) is 12.5 Å². The van der Waals surface area contributed by atoms with E-state index in [1.54, 1.807) is 12.1 Å². The second-order valence-electron chi connectivity index (χ2n) is 5.43. The van der Waals surface area contributed by atoms with E-state index in [1.165, 1.54) is 12.1 Å². The SMILES string of the molecule is C[C@H](OCCCNC(=O)Cc1ccc(F)cc1)c1ccccc1. The third-order valence-electron chi connectivity index (χ3n) is 3.56. The van der Waals surface area contributed by atoms with Crippen LogP contribution >= 0.6 is 0 Å². The van der Waals surface area contributed by atoms with Crippen LogP contribution < -0.4 is 5.32 Å². The smallest absolute Gasteiger partial charge is 0.224 e. The maximum atomic E-state index is 12.8. The fourth-order valence-electron chi connectivity index (χ4n) is 2.23. The summed E-state index contributed by atoms with van der Waals surface area (Å²) < 4.78 is 18.5. The lowest BCUT2D eigenvalue weighted by molar-refractivity contribution is -0.120. The van der Waals surface area contributed by atoms with Crippen LogP contribution in [-0.4, -0.2) is 19.1 Å². The van der Waals surface area contributed by atoms with Crippen LogP contribution in [0.1, 0.15) is 30.6 Å². The van der Waals surface area contributed by atoms with Crippen molar-refractivity contribution in [1.82, 2.24) is 5.32 Å². The van der Waals surface area contributed by atoms with E-state index in [0.29, 0.717) is 13.2 Å². The fourth-order valence-corrected chi connectivity index (χ4v) is 2.23. The topological polar surface area (TPSA) is 38.3 Å². The molecule has 1 amide bonds. The van der Waals surface area contributed by atoms with Crippen molar-refractivity contribution >= 4 is 5.91 Å². The van der Waals surface area contributed by atoms with Gasteiger partial charge in [0.15, 0.2) is 0 Å². The van der Waals surface area contributed by atoms with Crippen molar-refractivity contribution in [2.45, 2.75) is 25.9 Å². The predicted octanol–water partition coefficient (Wildman–Crippen LogP) is 3.65. The van der Waals surface area contributed by atoms with E-state index < -0.39 is 0 Å². The van der Waals surface area contributed by atoms with E-state index in [4.69, 9.17) is 4.74 Å². The maximum Gasteiger partial charge on any atom is 0.224 e. The van der Waals surface area contributed by atoms with Gasteiger partial charge in [-0.05, 0) is 36.6 Å². The molecule has 0 saturated heterocycles. The first-order chi connectivity index (χ1) is 11.1. The van der Waals surface area contributed by atoms with E-state index in [9.17, 15) is 9.18 Å². The highest BCUT2D eigenvalue weighted by Gasteiger charge is 2.05. The number of rotatable bonds is 8. The van der Waals surface area contributed by atoms with Gasteiger partial charge in [0.1, 0.15) is 5.82 Å². The number of hydrogen-bond donors (Lipinski definition) is 1. The molecule has 23 heavy (non-hydrogen) atoms. The van der Waals surface area contributed by atoms with Gasteiger partial charge in [0.25, 0.3) is 0 Å². The first-order valence-electron chi connectivity index (χ1n) is 7.83. The summed E-state index contributed by atoms with van der Waals surface area (Å²) in [5, 5.41) is 2.85. The van der Waals surface area contributed by atoms with Crippen LogP contribution in [0.2, 0.25) is 0 Å². The average Bonchev–Trinajstić information content (AvgIpc) is 2.57. The monoisotopic (exact) mass is 315 g/mol. The van der Waals surface area contributed by atoms with E-state index in [2.05, 4.69) is 5.32 Å². The Morgan fingerprint density at radius 3 is 2.52 bits per heavy atom. The Kier molecular flexibility index (Phi) is 6.76. The summed E-state index contributed by atoms with van der Waals surface area (Å²) in [5.41, 5.74) is 1.95. The van der Waals surface area contributed by atoms with Crippen molar-refractivity contribution in [3.05, 3.63) is 71.5 Å². The number of carbonyl (C=O) groups is 1. The Labute approximate surface area is 136 Å². The van der Waals surface area contributed by atoms with Crippen LogP contribution in [0.25, 0.3) is 0 Å². The minimum absolute atomic E-state index is 0.0473. The van der Waals surface area contributed by atoms with Crippen molar-refractivity contribution in [1.29, 1.82) is 0 Å². The van der Waals surface area contributed by atoms with Gasteiger partial charge >= 0.3 is 0 Å². The molecule has 122 valence electrons. The Bertz CT molecular complexity index is 599. The molecule has 0 aromatic heterocycles. The summed E-state index contributed by atoms with van der Waals surface area (Å²) in [6, 6.07) is 16.0. The van der Waals surface area contributed by atoms with Gasteiger partial charge in [-0.1, -0.05) is 42.5 Å². The number of benzene rings is 2. The third-order valence-corrected chi connectivity index (χ3v) is 3.56. The summed E-state index contributed by atoms with van der Waals surface area (Å²) in [6.45, 7) is 3.18. The lowest BCUT2D eigenvalue weighted by Crippen LogP contribution is -2.26. The molecule has 0 bridgehead atoms. The lowest BCUT2D eigenvalue weighted by atomic mass is 10.1. The van der Waals surface area contributed by atoms with Gasteiger partial charge < -0.3 is 10.1 Å². The Morgan fingerprint density at radius 2 is 1.83 bits per heavy atom. The van der Waals surface area contributed by atoms with Crippen molar-refractivity contribution in [3.8, 4) is 0 Å². The second-order valence-corrected chi connectivity index (χ2v) is 5.43. The Morgan fingerprint density at radius 1 is 1.13 bits per heavy atom. The molecule has 0 fully saturated rings. The van der Waals surface area contributed by atoms with Gasteiger partial charge in [-0.15, -0.1) is 0 Å². The number of amides is 1. The maximum absolute atomic E-state index is 12.8. The Balaban J connectivity index is 1.60. The Hall–Kier alpha value is -2.20. The number of ether oxygens (including phenoxy) is 1. The van der Waals surface area contributed by atoms with Crippen LogP contribution in [-0.2, 0) is 16.0 Å². The molecule has 2 aromatic rings. The minimum Gasteiger partial charge on any atom is -0.374 e. The first-order valence-corrected chi connectivity index (χ1v) is 7.83. The van der Waals surface area contributed by atoms with Gasteiger partial charge in [0, 0.05) is 13.2 Å². The van der Waals surface area contributed by atoms with E-state index >= 15 is 0 Å². The fraction of sp³-hybridized carbons (Fsp3) is 0.316. The molecule has 0 aliphatic rings. The molecule has 0 spiro atoms.